The number of rotatable bonds is 3. The summed E-state index contributed by atoms with van der Waals surface area (Å²) >= 11 is 0. The van der Waals surface area contributed by atoms with Gasteiger partial charge in [0.2, 0.25) is 0 Å². The van der Waals surface area contributed by atoms with Crippen LogP contribution in [0.4, 0.5) is 4.39 Å². The van der Waals surface area contributed by atoms with E-state index in [0.717, 1.165) is 0 Å². The molecule has 0 aliphatic rings. The average molecular weight is 180 g/mol. The van der Waals surface area contributed by atoms with Crippen LogP contribution < -0.4 is 9.47 Å². The van der Waals surface area contributed by atoms with Crippen molar-refractivity contribution in [3.8, 4) is 23.8 Å². The van der Waals surface area contributed by atoms with Crippen LogP contribution in [0, 0.1) is 18.2 Å². The third-order valence-corrected chi connectivity index (χ3v) is 1.44. The van der Waals surface area contributed by atoms with E-state index in [4.69, 9.17) is 15.9 Å². The Kier molecular flexibility index (Phi) is 3.15. The van der Waals surface area contributed by atoms with Gasteiger partial charge < -0.3 is 9.47 Å². The maximum Gasteiger partial charge on any atom is 0.165 e. The van der Waals surface area contributed by atoms with Crippen LogP contribution in [0.3, 0.4) is 0 Å². The molecule has 0 radical (unpaired) electrons. The molecule has 0 atom stereocenters. The molecule has 1 aromatic carbocycles. The fourth-order valence-electron chi connectivity index (χ4n) is 0.883. The van der Waals surface area contributed by atoms with Crippen molar-refractivity contribution in [2.75, 3.05) is 13.7 Å². The normalized spacial score (nSPS) is 9.00. The number of halogens is 1. The van der Waals surface area contributed by atoms with Gasteiger partial charge in [-0.2, -0.15) is 0 Å². The van der Waals surface area contributed by atoms with E-state index in [1.807, 2.05) is 0 Å². The van der Waals surface area contributed by atoms with Gasteiger partial charge in [-0.1, -0.05) is 5.92 Å². The van der Waals surface area contributed by atoms with E-state index in [0.29, 0.717) is 11.5 Å². The summed E-state index contributed by atoms with van der Waals surface area (Å²) in [5.74, 6) is 2.69. The van der Waals surface area contributed by atoms with Gasteiger partial charge in [-0.3, -0.25) is 0 Å². The first-order valence-electron chi connectivity index (χ1n) is 3.67. The van der Waals surface area contributed by atoms with Gasteiger partial charge in [0.25, 0.3) is 0 Å². The standard InChI is InChI=1S/C10H9FO2/c1-3-6-13-10-7-8(11)4-5-9(10)12-2/h1,4-5,7H,6H2,2H3. The highest BCUT2D eigenvalue weighted by Crippen LogP contribution is 2.27. The van der Waals surface area contributed by atoms with Gasteiger partial charge in [-0.05, 0) is 12.1 Å². The van der Waals surface area contributed by atoms with Gasteiger partial charge in [0.15, 0.2) is 11.5 Å². The van der Waals surface area contributed by atoms with Crippen molar-refractivity contribution < 1.29 is 13.9 Å². The maximum absolute atomic E-state index is 12.7. The maximum atomic E-state index is 12.7. The van der Waals surface area contributed by atoms with Crippen molar-refractivity contribution in [3.63, 3.8) is 0 Å². The van der Waals surface area contributed by atoms with E-state index in [9.17, 15) is 4.39 Å². The van der Waals surface area contributed by atoms with E-state index >= 15 is 0 Å². The lowest BCUT2D eigenvalue weighted by atomic mass is 10.3. The lowest BCUT2D eigenvalue weighted by molar-refractivity contribution is 0.328. The molecular weight excluding hydrogens is 171 g/mol. The molecule has 13 heavy (non-hydrogen) atoms. The number of terminal acetylenes is 1. The number of benzene rings is 1. The summed E-state index contributed by atoms with van der Waals surface area (Å²) < 4.78 is 22.7. The molecule has 0 N–H and O–H groups in total. The highest BCUT2D eigenvalue weighted by molar-refractivity contribution is 5.40. The minimum atomic E-state index is -0.382. The summed E-state index contributed by atoms with van der Waals surface area (Å²) in [6.45, 7) is 0.0970. The Morgan fingerprint density at radius 2 is 2.23 bits per heavy atom. The van der Waals surface area contributed by atoms with Crippen molar-refractivity contribution in [1.82, 2.24) is 0 Å². The van der Waals surface area contributed by atoms with Crippen molar-refractivity contribution in [2.45, 2.75) is 0 Å². The Morgan fingerprint density at radius 3 is 2.85 bits per heavy atom. The largest absolute Gasteiger partial charge is 0.493 e. The van der Waals surface area contributed by atoms with Crippen molar-refractivity contribution in [3.05, 3.63) is 24.0 Å². The molecule has 1 rings (SSSR count). The Morgan fingerprint density at radius 1 is 1.46 bits per heavy atom. The molecule has 3 heteroatoms. The molecule has 68 valence electrons. The highest BCUT2D eigenvalue weighted by Gasteiger charge is 2.04. The molecule has 1 aromatic rings. The van der Waals surface area contributed by atoms with Gasteiger partial charge in [0.1, 0.15) is 12.4 Å². The van der Waals surface area contributed by atoms with Crippen LogP contribution in [0.2, 0.25) is 0 Å². The minimum Gasteiger partial charge on any atom is -0.493 e. The van der Waals surface area contributed by atoms with Crippen LogP contribution in [0.25, 0.3) is 0 Å². The van der Waals surface area contributed by atoms with Gasteiger partial charge >= 0.3 is 0 Å². The quantitative estimate of drug-likeness (QED) is 0.661. The second-order valence-corrected chi connectivity index (χ2v) is 2.29. The number of methoxy groups -OCH3 is 1. The molecular formula is C10H9FO2. The first-order valence-corrected chi connectivity index (χ1v) is 3.67. The molecule has 0 heterocycles. The number of ether oxygens (including phenoxy) is 2. The van der Waals surface area contributed by atoms with Crippen LogP contribution in [0.15, 0.2) is 18.2 Å². The fourth-order valence-corrected chi connectivity index (χ4v) is 0.883. The summed E-state index contributed by atoms with van der Waals surface area (Å²) in [5.41, 5.74) is 0. The van der Waals surface area contributed by atoms with Crippen LogP contribution in [0.1, 0.15) is 0 Å². The lowest BCUT2D eigenvalue weighted by Crippen LogP contribution is -1.96. The second-order valence-electron chi connectivity index (χ2n) is 2.29. The van der Waals surface area contributed by atoms with Crippen LogP contribution in [0.5, 0.6) is 11.5 Å². The molecule has 0 aliphatic carbocycles. The SMILES string of the molecule is C#CCOc1cc(F)ccc1OC. The summed E-state index contributed by atoms with van der Waals surface area (Å²) in [6.07, 6.45) is 5.00. The molecule has 0 saturated carbocycles. The van der Waals surface area contributed by atoms with E-state index in [1.165, 1.54) is 25.3 Å². The van der Waals surface area contributed by atoms with E-state index in [1.54, 1.807) is 0 Å². The summed E-state index contributed by atoms with van der Waals surface area (Å²) in [7, 11) is 1.48. The monoisotopic (exact) mass is 180 g/mol. The van der Waals surface area contributed by atoms with E-state index < -0.39 is 0 Å². The zero-order chi connectivity index (χ0) is 9.68. The summed E-state index contributed by atoms with van der Waals surface area (Å²) in [5, 5.41) is 0. The van der Waals surface area contributed by atoms with Crippen molar-refractivity contribution in [1.29, 1.82) is 0 Å². The van der Waals surface area contributed by atoms with Crippen LogP contribution >= 0.6 is 0 Å². The highest BCUT2D eigenvalue weighted by atomic mass is 19.1. The first kappa shape index (κ1) is 9.40. The fraction of sp³-hybridized carbons (Fsp3) is 0.200. The Balaban J connectivity index is 2.89. The molecule has 0 saturated heterocycles. The summed E-state index contributed by atoms with van der Waals surface area (Å²) in [4.78, 5) is 0. The molecule has 0 unspecified atom stereocenters. The molecule has 0 aliphatic heterocycles. The molecule has 0 aromatic heterocycles. The van der Waals surface area contributed by atoms with E-state index in [2.05, 4.69) is 5.92 Å². The third kappa shape index (κ3) is 2.38. The zero-order valence-electron chi connectivity index (χ0n) is 7.21. The van der Waals surface area contributed by atoms with Gasteiger partial charge in [0, 0.05) is 6.07 Å². The number of hydrogen-bond donors (Lipinski definition) is 0. The Hall–Kier alpha value is -1.69. The Bertz CT molecular complexity index is 328. The molecule has 0 amide bonds. The molecule has 0 spiro atoms. The predicted octanol–water partition coefficient (Wildman–Crippen LogP) is 1.85. The second kappa shape index (κ2) is 4.36. The molecule has 0 bridgehead atoms. The van der Waals surface area contributed by atoms with Gasteiger partial charge in [-0.25, -0.2) is 4.39 Å². The number of hydrogen-bond acceptors (Lipinski definition) is 2. The predicted molar refractivity (Wildman–Crippen MR) is 47.3 cm³/mol. The molecule has 2 nitrogen and oxygen atoms in total. The Labute approximate surface area is 76.3 Å². The smallest absolute Gasteiger partial charge is 0.165 e. The van der Waals surface area contributed by atoms with Gasteiger partial charge in [0.05, 0.1) is 7.11 Å². The average Bonchev–Trinajstić information content (AvgIpc) is 2.15. The minimum absolute atomic E-state index is 0.0970. The molecule has 0 fully saturated rings. The first-order chi connectivity index (χ1) is 6.27. The van der Waals surface area contributed by atoms with E-state index in [-0.39, 0.29) is 12.4 Å². The zero-order valence-corrected chi connectivity index (χ0v) is 7.21. The van der Waals surface area contributed by atoms with Gasteiger partial charge in [-0.15, -0.1) is 6.42 Å². The topological polar surface area (TPSA) is 18.5 Å². The van der Waals surface area contributed by atoms with Crippen molar-refractivity contribution >= 4 is 0 Å². The third-order valence-electron chi connectivity index (χ3n) is 1.44. The lowest BCUT2D eigenvalue weighted by Gasteiger charge is -2.07. The van der Waals surface area contributed by atoms with Crippen LogP contribution in [-0.2, 0) is 0 Å². The summed E-state index contributed by atoms with van der Waals surface area (Å²) in [6, 6.07) is 4.01. The van der Waals surface area contributed by atoms with Crippen LogP contribution in [-0.4, -0.2) is 13.7 Å². The van der Waals surface area contributed by atoms with Crippen molar-refractivity contribution in [2.24, 2.45) is 0 Å².